The third-order valence-corrected chi connectivity index (χ3v) is 5.81. The van der Waals surface area contributed by atoms with Crippen LogP contribution in [0.2, 0.25) is 0 Å². The molecule has 2 aromatic heterocycles. The summed E-state index contributed by atoms with van der Waals surface area (Å²) in [6, 6.07) is 6.12. The number of piperidine rings is 2. The summed E-state index contributed by atoms with van der Waals surface area (Å²) in [6.45, 7) is 4.77. The van der Waals surface area contributed by atoms with Gasteiger partial charge >= 0.3 is 0 Å². The molecule has 1 amide bonds. The van der Waals surface area contributed by atoms with Crippen LogP contribution in [0.1, 0.15) is 37.1 Å². The van der Waals surface area contributed by atoms with Gasteiger partial charge in [-0.05, 0) is 37.9 Å². The van der Waals surface area contributed by atoms with Gasteiger partial charge in [0.05, 0.1) is 12.0 Å². The number of nitrogens with one attached hydrogen (secondary N) is 1. The van der Waals surface area contributed by atoms with Crippen molar-refractivity contribution in [3.63, 3.8) is 0 Å². The van der Waals surface area contributed by atoms with Crippen molar-refractivity contribution in [2.24, 2.45) is 5.41 Å². The third-order valence-electron chi connectivity index (χ3n) is 5.81. The second-order valence-corrected chi connectivity index (χ2v) is 7.78. The molecule has 26 heavy (non-hydrogen) atoms. The van der Waals surface area contributed by atoms with E-state index in [-0.39, 0.29) is 5.41 Å². The van der Waals surface area contributed by atoms with Gasteiger partial charge in [-0.2, -0.15) is 0 Å². The van der Waals surface area contributed by atoms with Crippen molar-refractivity contribution in [2.75, 3.05) is 26.2 Å². The number of nitrogens with zero attached hydrogens (tertiary/aromatic N) is 4. The molecule has 2 saturated heterocycles. The predicted octanol–water partition coefficient (Wildman–Crippen LogP) is 2.25. The normalized spacial score (nSPS) is 24.3. The molecule has 2 aliphatic heterocycles. The maximum absolute atomic E-state index is 12.4. The molecule has 0 aromatic carbocycles. The number of carbonyl (C=O) groups is 1. The Morgan fingerprint density at radius 3 is 3.00 bits per heavy atom. The molecule has 4 rings (SSSR count). The van der Waals surface area contributed by atoms with Gasteiger partial charge in [0.25, 0.3) is 0 Å². The Morgan fingerprint density at radius 2 is 2.19 bits per heavy atom. The van der Waals surface area contributed by atoms with E-state index in [2.05, 4.69) is 36.9 Å². The lowest BCUT2D eigenvalue weighted by molar-refractivity contribution is -0.139. The van der Waals surface area contributed by atoms with Crippen LogP contribution < -0.4 is 0 Å². The zero-order chi connectivity index (χ0) is 17.8. The van der Waals surface area contributed by atoms with Gasteiger partial charge in [-0.25, -0.2) is 4.98 Å². The average molecular weight is 353 g/mol. The number of hydrogen-bond acceptors (Lipinski definition) is 4. The molecule has 2 aromatic rings. The number of aromatic nitrogens is 3. The number of imidazole rings is 1. The average Bonchev–Trinajstić information content (AvgIpc) is 3.17. The Bertz CT molecular complexity index is 717. The van der Waals surface area contributed by atoms with E-state index in [4.69, 9.17) is 0 Å². The summed E-state index contributed by atoms with van der Waals surface area (Å²) in [4.78, 5) is 28.7. The number of rotatable bonds is 5. The van der Waals surface area contributed by atoms with Crippen LogP contribution in [0.15, 0.2) is 36.9 Å². The fourth-order valence-corrected chi connectivity index (χ4v) is 4.48. The summed E-state index contributed by atoms with van der Waals surface area (Å²) in [5.41, 5.74) is 2.47. The number of carbonyl (C=O) groups excluding carboxylic acids is 1. The monoisotopic (exact) mass is 353 g/mol. The first-order valence-electron chi connectivity index (χ1n) is 9.60. The quantitative estimate of drug-likeness (QED) is 0.895. The summed E-state index contributed by atoms with van der Waals surface area (Å²) < 4.78 is 0. The second kappa shape index (κ2) is 7.58. The van der Waals surface area contributed by atoms with Crippen molar-refractivity contribution in [1.29, 1.82) is 0 Å². The number of pyridine rings is 1. The van der Waals surface area contributed by atoms with Crippen molar-refractivity contribution < 1.29 is 4.79 Å². The minimum atomic E-state index is 0.245. The number of H-pyrrole nitrogens is 1. The minimum Gasteiger partial charge on any atom is -0.348 e. The van der Waals surface area contributed by atoms with Crippen LogP contribution in [0.4, 0.5) is 0 Å². The van der Waals surface area contributed by atoms with E-state index in [9.17, 15) is 4.79 Å². The highest BCUT2D eigenvalue weighted by Gasteiger charge is 2.41. The van der Waals surface area contributed by atoms with Gasteiger partial charge in [0.15, 0.2) is 0 Å². The highest BCUT2D eigenvalue weighted by atomic mass is 16.2. The SMILES string of the molecule is O=C1CC[C@@]2(CCCN(Cc3ccccn3)C2)CN1CCc1cnc[nH]1. The van der Waals surface area contributed by atoms with Crippen LogP contribution in [0, 0.1) is 5.41 Å². The molecule has 0 unspecified atom stereocenters. The molecule has 1 atom stereocenters. The van der Waals surface area contributed by atoms with E-state index in [0.717, 1.165) is 57.0 Å². The van der Waals surface area contributed by atoms with Crippen molar-refractivity contribution in [3.05, 3.63) is 48.3 Å². The number of aromatic amines is 1. The summed E-state index contributed by atoms with van der Waals surface area (Å²) in [5.74, 6) is 0.303. The molecule has 6 nitrogen and oxygen atoms in total. The molecule has 1 N–H and O–H groups in total. The smallest absolute Gasteiger partial charge is 0.222 e. The lowest BCUT2D eigenvalue weighted by Gasteiger charge is -2.48. The fourth-order valence-electron chi connectivity index (χ4n) is 4.48. The third kappa shape index (κ3) is 3.96. The molecule has 0 radical (unpaired) electrons. The van der Waals surface area contributed by atoms with Gasteiger partial charge < -0.3 is 9.88 Å². The molecule has 4 heterocycles. The van der Waals surface area contributed by atoms with Gasteiger partial charge in [-0.15, -0.1) is 0 Å². The molecular formula is C20H27N5O. The maximum Gasteiger partial charge on any atom is 0.222 e. The zero-order valence-corrected chi connectivity index (χ0v) is 15.2. The van der Waals surface area contributed by atoms with E-state index in [0.29, 0.717) is 12.3 Å². The fraction of sp³-hybridized carbons (Fsp3) is 0.550. The molecule has 1 spiro atoms. The van der Waals surface area contributed by atoms with Crippen molar-refractivity contribution >= 4 is 5.91 Å². The van der Waals surface area contributed by atoms with Gasteiger partial charge in [0.1, 0.15) is 0 Å². The van der Waals surface area contributed by atoms with Crippen molar-refractivity contribution in [2.45, 2.75) is 38.6 Å². The molecule has 138 valence electrons. The van der Waals surface area contributed by atoms with Gasteiger partial charge in [-0.3, -0.25) is 14.7 Å². The van der Waals surface area contributed by atoms with Crippen LogP contribution in [-0.2, 0) is 17.8 Å². The van der Waals surface area contributed by atoms with Gasteiger partial charge in [-0.1, -0.05) is 6.07 Å². The number of amides is 1. The largest absolute Gasteiger partial charge is 0.348 e. The van der Waals surface area contributed by atoms with Crippen LogP contribution in [-0.4, -0.2) is 56.8 Å². The van der Waals surface area contributed by atoms with E-state index >= 15 is 0 Å². The highest BCUT2D eigenvalue weighted by molar-refractivity contribution is 5.77. The molecule has 2 fully saturated rings. The molecule has 0 saturated carbocycles. The predicted molar refractivity (Wildman–Crippen MR) is 99.3 cm³/mol. The Balaban J connectivity index is 1.39. The highest BCUT2D eigenvalue weighted by Crippen LogP contribution is 2.39. The Hall–Kier alpha value is -2.21. The van der Waals surface area contributed by atoms with Gasteiger partial charge in [0, 0.05) is 62.5 Å². The first-order chi connectivity index (χ1) is 12.7. The topological polar surface area (TPSA) is 65.1 Å². The molecule has 0 aliphatic carbocycles. The van der Waals surface area contributed by atoms with E-state index in [1.807, 2.05) is 18.5 Å². The van der Waals surface area contributed by atoms with Crippen molar-refractivity contribution in [1.82, 2.24) is 24.8 Å². The standard InChI is InChI=1S/C20H27N5O/c26-19-5-8-20(15-25(19)11-6-17-12-21-16-23-17)7-3-10-24(14-20)13-18-4-1-2-9-22-18/h1-2,4,9,12,16H,3,5-8,10-11,13-15H2,(H,21,23)/t20-/m1/s1. The summed E-state index contributed by atoms with van der Waals surface area (Å²) in [6.07, 6.45) is 10.4. The second-order valence-electron chi connectivity index (χ2n) is 7.78. The number of hydrogen-bond donors (Lipinski definition) is 1. The Labute approximate surface area is 154 Å². The minimum absolute atomic E-state index is 0.245. The first-order valence-corrected chi connectivity index (χ1v) is 9.60. The number of likely N-dealkylation sites (tertiary alicyclic amines) is 2. The summed E-state index contributed by atoms with van der Waals surface area (Å²) in [5, 5.41) is 0. The zero-order valence-electron chi connectivity index (χ0n) is 15.2. The van der Waals surface area contributed by atoms with Crippen molar-refractivity contribution in [3.8, 4) is 0 Å². The first kappa shape index (κ1) is 17.2. The Morgan fingerprint density at radius 1 is 1.23 bits per heavy atom. The van der Waals surface area contributed by atoms with Crippen LogP contribution in [0.3, 0.4) is 0 Å². The molecule has 2 aliphatic rings. The van der Waals surface area contributed by atoms with Crippen LogP contribution in [0.5, 0.6) is 0 Å². The van der Waals surface area contributed by atoms with Gasteiger partial charge in [0.2, 0.25) is 5.91 Å². The molecule has 6 heteroatoms. The molecular weight excluding hydrogens is 326 g/mol. The van der Waals surface area contributed by atoms with Crippen LogP contribution >= 0.6 is 0 Å². The van der Waals surface area contributed by atoms with E-state index in [1.165, 1.54) is 12.8 Å². The van der Waals surface area contributed by atoms with E-state index < -0.39 is 0 Å². The summed E-state index contributed by atoms with van der Waals surface area (Å²) >= 11 is 0. The molecule has 0 bridgehead atoms. The lowest BCUT2D eigenvalue weighted by Crippen LogP contribution is -2.54. The summed E-state index contributed by atoms with van der Waals surface area (Å²) in [7, 11) is 0. The maximum atomic E-state index is 12.4. The van der Waals surface area contributed by atoms with Crippen LogP contribution in [0.25, 0.3) is 0 Å². The Kier molecular flexibility index (Phi) is 5.02. The lowest BCUT2D eigenvalue weighted by atomic mass is 9.73. The van der Waals surface area contributed by atoms with E-state index in [1.54, 1.807) is 6.33 Å².